The topological polar surface area (TPSA) is 59.9 Å². The van der Waals surface area contributed by atoms with Gasteiger partial charge in [-0.25, -0.2) is 0 Å². The van der Waals surface area contributed by atoms with Crippen molar-refractivity contribution < 1.29 is 4.74 Å². The van der Waals surface area contributed by atoms with Crippen LogP contribution in [0.1, 0.15) is 0 Å². The Labute approximate surface area is 131 Å². The summed E-state index contributed by atoms with van der Waals surface area (Å²) in [6, 6.07) is 6.04. The van der Waals surface area contributed by atoms with Gasteiger partial charge in [-0.2, -0.15) is 15.0 Å². The SMILES string of the molecule is COc1nc(Cl)nc(Nc2cc(I)ccc2Br)n1. The maximum absolute atomic E-state index is 5.77. The van der Waals surface area contributed by atoms with Gasteiger partial charge in [-0.1, -0.05) is 0 Å². The number of hydrogen-bond donors (Lipinski definition) is 1. The third-order valence-electron chi connectivity index (χ3n) is 1.95. The summed E-state index contributed by atoms with van der Waals surface area (Å²) in [7, 11) is 1.47. The third kappa shape index (κ3) is 3.42. The maximum Gasteiger partial charge on any atom is 0.322 e. The molecule has 0 bridgehead atoms. The second kappa shape index (κ2) is 5.98. The number of ether oxygens (including phenoxy) is 1. The van der Waals surface area contributed by atoms with E-state index in [1.54, 1.807) is 0 Å². The Balaban J connectivity index is 2.33. The van der Waals surface area contributed by atoms with E-state index in [0.29, 0.717) is 5.95 Å². The van der Waals surface area contributed by atoms with Gasteiger partial charge in [-0.15, -0.1) is 0 Å². The Hall–Kier alpha value is -0.670. The lowest BCUT2D eigenvalue weighted by Crippen LogP contribution is -2.02. The van der Waals surface area contributed by atoms with Gasteiger partial charge in [-0.3, -0.25) is 0 Å². The monoisotopic (exact) mass is 440 g/mol. The molecule has 0 aliphatic rings. The summed E-state index contributed by atoms with van der Waals surface area (Å²) in [5, 5.41) is 3.13. The van der Waals surface area contributed by atoms with Crippen LogP contribution in [-0.2, 0) is 0 Å². The van der Waals surface area contributed by atoms with Crippen LogP contribution in [-0.4, -0.2) is 22.1 Å². The zero-order valence-corrected chi connectivity index (χ0v) is 13.6. The molecule has 94 valence electrons. The molecular formula is C10H7BrClIN4O. The van der Waals surface area contributed by atoms with E-state index < -0.39 is 0 Å². The molecule has 8 heteroatoms. The Morgan fingerprint density at radius 3 is 2.83 bits per heavy atom. The molecule has 0 spiro atoms. The van der Waals surface area contributed by atoms with Crippen LogP contribution in [0.15, 0.2) is 22.7 Å². The second-order valence-corrected chi connectivity index (χ2v) is 5.60. The molecule has 18 heavy (non-hydrogen) atoms. The van der Waals surface area contributed by atoms with Crippen molar-refractivity contribution in [3.8, 4) is 6.01 Å². The molecular weight excluding hydrogens is 434 g/mol. The molecule has 0 atom stereocenters. The number of nitrogens with zero attached hydrogens (tertiary/aromatic N) is 3. The van der Waals surface area contributed by atoms with Crippen LogP contribution >= 0.6 is 50.1 Å². The summed E-state index contributed by atoms with van der Waals surface area (Å²) in [5.41, 5.74) is 0.839. The van der Waals surface area contributed by atoms with Crippen molar-refractivity contribution in [2.45, 2.75) is 0 Å². The van der Waals surface area contributed by atoms with Gasteiger partial charge < -0.3 is 10.1 Å². The van der Waals surface area contributed by atoms with Crippen molar-refractivity contribution in [3.05, 3.63) is 31.5 Å². The van der Waals surface area contributed by atoms with Crippen LogP contribution in [0.3, 0.4) is 0 Å². The molecule has 1 N–H and O–H groups in total. The Kier molecular flexibility index (Phi) is 4.57. The zero-order chi connectivity index (χ0) is 13.1. The first-order chi connectivity index (χ1) is 8.58. The molecule has 0 radical (unpaired) electrons. The molecule has 0 aliphatic carbocycles. The Morgan fingerprint density at radius 1 is 1.33 bits per heavy atom. The molecule has 5 nitrogen and oxygen atoms in total. The predicted molar refractivity (Wildman–Crippen MR) is 81.5 cm³/mol. The summed E-state index contributed by atoms with van der Waals surface area (Å²) in [6.45, 7) is 0. The van der Waals surface area contributed by atoms with E-state index in [4.69, 9.17) is 16.3 Å². The molecule has 1 heterocycles. The highest BCUT2D eigenvalue weighted by atomic mass is 127. The van der Waals surface area contributed by atoms with Crippen molar-refractivity contribution >= 4 is 61.8 Å². The zero-order valence-electron chi connectivity index (χ0n) is 9.12. The highest BCUT2D eigenvalue weighted by Crippen LogP contribution is 2.27. The number of hydrogen-bond acceptors (Lipinski definition) is 5. The van der Waals surface area contributed by atoms with Gasteiger partial charge in [0.05, 0.1) is 12.8 Å². The van der Waals surface area contributed by atoms with Crippen LogP contribution in [0.25, 0.3) is 0 Å². The van der Waals surface area contributed by atoms with E-state index in [1.165, 1.54) is 7.11 Å². The van der Waals surface area contributed by atoms with E-state index in [-0.39, 0.29) is 11.3 Å². The Morgan fingerprint density at radius 2 is 2.11 bits per heavy atom. The summed E-state index contributed by atoms with van der Waals surface area (Å²) in [4.78, 5) is 11.8. The number of benzene rings is 1. The first-order valence-corrected chi connectivity index (χ1v) is 7.01. The number of rotatable bonds is 3. The fraction of sp³-hybridized carbons (Fsp3) is 0.100. The van der Waals surface area contributed by atoms with E-state index in [9.17, 15) is 0 Å². The normalized spacial score (nSPS) is 10.2. The van der Waals surface area contributed by atoms with E-state index in [0.717, 1.165) is 13.7 Å². The van der Waals surface area contributed by atoms with Gasteiger partial charge in [0.15, 0.2) is 0 Å². The van der Waals surface area contributed by atoms with Gasteiger partial charge >= 0.3 is 6.01 Å². The quantitative estimate of drug-likeness (QED) is 0.737. The van der Waals surface area contributed by atoms with E-state index in [1.807, 2.05) is 18.2 Å². The van der Waals surface area contributed by atoms with Crippen molar-refractivity contribution in [1.29, 1.82) is 0 Å². The van der Waals surface area contributed by atoms with E-state index in [2.05, 4.69) is 58.8 Å². The fourth-order valence-electron chi connectivity index (χ4n) is 1.19. The molecule has 2 rings (SSSR count). The van der Waals surface area contributed by atoms with Crippen LogP contribution in [0.4, 0.5) is 11.6 Å². The fourth-order valence-corrected chi connectivity index (χ4v) is 2.18. The molecule has 0 fully saturated rings. The number of methoxy groups -OCH3 is 1. The van der Waals surface area contributed by atoms with E-state index >= 15 is 0 Å². The molecule has 0 amide bonds. The lowest BCUT2D eigenvalue weighted by Gasteiger charge is -2.08. The molecule has 0 saturated heterocycles. The van der Waals surface area contributed by atoms with Crippen LogP contribution in [0.2, 0.25) is 5.28 Å². The minimum absolute atomic E-state index is 0.0751. The van der Waals surface area contributed by atoms with Crippen molar-refractivity contribution in [2.24, 2.45) is 0 Å². The first-order valence-electron chi connectivity index (χ1n) is 4.76. The third-order valence-corrected chi connectivity index (χ3v) is 3.48. The minimum atomic E-state index is 0.0751. The predicted octanol–water partition coefficient (Wildman–Crippen LogP) is 3.64. The van der Waals surface area contributed by atoms with Crippen molar-refractivity contribution in [3.63, 3.8) is 0 Å². The van der Waals surface area contributed by atoms with Gasteiger partial charge in [-0.05, 0) is 68.3 Å². The van der Waals surface area contributed by atoms with Gasteiger partial charge in [0, 0.05) is 8.04 Å². The Bertz CT molecular complexity index is 584. The number of anilines is 2. The lowest BCUT2D eigenvalue weighted by molar-refractivity contribution is 0.379. The first kappa shape index (κ1) is 13.8. The molecule has 2 aromatic rings. The smallest absolute Gasteiger partial charge is 0.322 e. The van der Waals surface area contributed by atoms with Gasteiger partial charge in [0.2, 0.25) is 11.2 Å². The average Bonchev–Trinajstić information content (AvgIpc) is 2.33. The largest absolute Gasteiger partial charge is 0.467 e. The summed E-state index contributed by atoms with van der Waals surface area (Å²) < 4.78 is 6.92. The summed E-state index contributed by atoms with van der Waals surface area (Å²) in [6.07, 6.45) is 0. The highest BCUT2D eigenvalue weighted by Gasteiger charge is 2.07. The number of nitrogens with one attached hydrogen (secondary N) is 1. The van der Waals surface area contributed by atoms with Gasteiger partial charge in [0.25, 0.3) is 0 Å². The van der Waals surface area contributed by atoms with Crippen LogP contribution < -0.4 is 10.1 Å². The minimum Gasteiger partial charge on any atom is -0.467 e. The average molecular weight is 441 g/mol. The standard InChI is InChI=1S/C10H7BrClIN4O/c1-18-10-16-8(12)15-9(17-10)14-7-4-5(13)2-3-6(7)11/h2-4H,1H3,(H,14,15,16,17). The number of halogens is 3. The molecule has 0 aliphatic heterocycles. The second-order valence-electron chi connectivity index (χ2n) is 3.16. The highest BCUT2D eigenvalue weighted by molar-refractivity contribution is 14.1. The van der Waals surface area contributed by atoms with Crippen molar-refractivity contribution in [2.75, 3.05) is 12.4 Å². The van der Waals surface area contributed by atoms with Gasteiger partial charge in [0.1, 0.15) is 0 Å². The van der Waals surface area contributed by atoms with Crippen molar-refractivity contribution in [1.82, 2.24) is 15.0 Å². The molecule has 1 aromatic carbocycles. The van der Waals surface area contributed by atoms with Crippen LogP contribution in [0, 0.1) is 3.57 Å². The molecule has 0 unspecified atom stereocenters. The molecule has 0 saturated carbocycles. The molecule has 1 aromatic heterocycles. The number of aromatic nitrogens is 3. The summed E-state index contributed by atoms with van der Waals surface area (Å²) in [5.74, 6) is 0.328. The lowest BCUT2D eigenvalue weighted by atomic mass is 10.3. The maximum atomic E-state index is 5.77. The summed E-state index contributed by atoms with van der Waals surface area (Å²) >= 11 is 11.4. The van der Waals surface area contributed by atoms with Crippen LogP contribution in [0.5, 0.6) is 6.01 Å².